The van der Waals surface area contributed by atoms with E-state index in [1.165, 1.54) is 6.92 Å². The second kappa shape index (κ2) is 34.4. The summed E-state index contributed by atoms with van der Waals surface area (Å²) in [5.41, 5.74) is 6.87. The molecule has 0 bridgehead atoms. The molecule has 4 fully saturated rings. The van der Waals surface area contributed by atoms with Gasteiger partial charge in [-0.1, -0.05) is 226 Å². The second-order valence-corrected chi connectivity index (χ2v) is 25.2. The molecular formula is C78H92O16. The SMILES string of the molecule is CC(=O)O[C@@H]1C(O[C@@H]2OC(C)[C@@H](OCc3ccccc3)C(OCc3ccccc3)[C@@H]2O[C@@H]2OC(C)[C@@H](OCc3ccccc3)C(O[C@H]3OC(COCc4ccccc4)[C@@H](OCc4ccccc4)C(OCc4ccccc4)C3C)[C@@H]2C)[C@H](OCc2ccccc2)C(C)O[C@H]1C. The number of carbonyl (C=O) groups is 1. The van der Waals surface area contributed by atoms with Crippen LogP contribution in [0.25, 0.3) is 0 Å². The van der Waals surface area contributed by atoms with Gasteiger partial charge in [-0.15, -0.1) is 0 Å². The minimum atomic E-state index is -1.21. The maximum Gasteiger partial charge on any atom is 0.303 e. The minimum absolute atomic E-state index is 0.173. The molecule has 16 heteroatoms. The normalized spacial score (nSPS) is 31.1. The van der Waals surface area contributed by atoms with Crippen molar-refractivity contribution in [1.29, 1.82) is 0 Å². The summed E-state index contributed by atoms with van der Waals surface area (Å²) in [6.07, 6.45) is -14.0. The van der Waals surface area contributed by atoms with Crippen LogP contribution in [0.3, 0.4) is 0 Å². The summed E-state index contributed by atoms with van der Waals surface area (Å²) in [5, 5.41) is 0. The Balaban J connectivity index is 0.959. The number of esters is 1. The molecule has 0 N–H and O–H groups in total. The molecule has 20 atom stereocenters. The van der Waals surface area contributed by atoms with Crippen LogP contribution < -0.4 is 0 Å². The number of hydrogen-bond acceptors (Lipinski definition) is 16. The first-order valence-electron chi connectivity index (χ1n) is 33.2. The highest BCUT2D eigenvalue weighted by molar-refractivity contribution is 5.66. The molecule has 4 heterocycles. The monoisotopic (exact) mass is 1280 g/mol. The third-order valence-electron chi connectivity index (χ3n) is 18.0. The van der Waals surface area contributed by atoms with Crippen molar-refractivity contribution in [2.24, 2.45) is 11.8 Å². The van der Waals surface area contributed by atoms with Gasteiger partial charge in [0.15, 0.2) is 25.0 Å². The fourth-order valence-corrected chi connectivity index (χ4v) is 13.0. The van der Waals surface area contributed by atoms with Crippen molar-refractivity contribution in [3.63, 3.8) is 0 Å². The molecule has 0 saturated carbocycles. The summed E-state index contributed by atoms with van der Waals surface area (Å²) in [4.78, 5) is 13.2. The van der Waals surface area contributed by atoms with Crippen LogP contribution in [0.4, 0.5) is 0 Å². The van der Waals surface area contributed by atoms with Gasteiger partial charge < -0.3 is 71.1 Å². The Morgan fingerprint density at radius 1 is 0.298 bits per heavy atom. The summed E-state index contributed by atoms with van der Waals surface area (Å²) in [6.45, 7) is 15.3. The van der Waals surface area contributed by atoms with Gasteiger partial charge in [0.2, 0.25) is 0 Å². The number of ether oxygens (including phenoxy) is 15. The van der Waals surface area contributed by atoms with Crippen LogP contribution in [-0.4, -0.2) is 123 Å². The van der Waals surface area contributed by atoms with Gasteiger partial charge in [0.05, 0.1) is 89.5 Å². The van der Waals surface area contributed by atoms with Crippen molar-refractivity contribution in [1.82, 2.24) is 0 Å². The molecule has 7 aromatic rings. The van der Waals surface area contributed by atoms with Gasteiger partial charge in [-0.05, 0) is 66.6 Å². The van der Waals surface area contributed by atoms with Gasteiger partial charge in [-0.25, -0.2) is 0 Å². The van der Waals surface area contributed by atoms with Gasteiger partial charge in [0.25, 0.3) is 0 Å². The topological polar surface area (TPSA) is 156 Å². The van der Waals surface area contributed by atoms with Crippen LogP contribution in [0.15, 0.2) is 212 Å². The van der Waals surface area contributed by atoms with E-state index in [0.29, 0.717) is 19.8 Å². The highest BCUT2D eigenvalue weighted by Gasteiger charge is 2.56. The Morgan fingerprint density at radius 3 is 1.02 bits per heavy atom. The summed E-state index contributed by atoms with van der Waals surface area (Å²) in [6, 6.07) is 70.2. The molecule has 9 unspecified atom stereocenters. The van der Waals surface area contributed by atoms with Gasteiger partial charge in [0, 0.05) is 18.8 Å². The summed E-state index contributed by atoms with van der Waals surface area (Å²) in [7, 11) is 0. The maximum atomic E-state index is 13.2. The van der Waals surface area contributed by atoms with E-state index in [4.69, 9.17) is 71.1 Å². The Kier molecular flexibility index (Phi) is 25.2. The maximum absolute atomic E-state index is 13.2. The molecule has 11 rings (SSSR count). The van der Waals surface area contributed by atoms with Crippen molar-refractivity contribution in [3.05, 3.63) is 251 Å². The van der Waals surface area contributed by atoms with Gasteiger partial charge in [0.1, 0.15) is 48.8 Å². The van der Waals surface area contributed by atoms with Crippen LogP contribution >= 0.6 is 0 Å². The van der Waals surface area contributed by atoms with E-state index in [-0.39, 0.29) is 33.0 Å². The average Bonchev–Trinajstić information content (AvgIpc) is 0.801. The fourth-order valence-electron chi connectivity index (χ4n) is 13.0. The van der Waals surface area contributed by atoms with E-state index in [1.807, 2.05) is 223 Å². The van der Waals surface area contributed by atoms with Crippen molar-refractivity contribution < 1.29 is 75.8 Å². The molecule has 0 radical (unpaired) electrons. The van der Waals surface area contributed by atoms with Crippen LogP contribution in [0.1, 0.15) is 87.4 Å². The number of hydrogen-bond donors (Lipinski definition) is 0. The zero-order valence-corrected chi connectivity index (χ0v) is 54.9. The largest absolute Gasteiger partial charge is 0.457 e. The molecular weight excluding hydrogens is 1190 g/mol. The first-order chi connectivity index (χ1) is 45.9. The lowest BCUT2D eigenvalue weighted by atomic mass is 9.89. The number of carbonyl (C=O) groups excluding carboxylic acids is 1. The molecule has 4 aliphatic rings. The van der Waals surface area contributed by atoms with Crippen molar-refractivity contribution >= 4 is 5.97 Å². The lowest BCUT2D eigenvalue weighted by Crippen LogP contribution is -2.66. The highest BCUT2D eigenvalue weighted by Crippen LogP contribution is 2.42. The molecule has 0 amide bonds. The van der Waals surface area contributed by atoms with Crippen molar-refractivity contribution in [2.75, 3.05) is 6.61 Å². The Labute approximate surface area is 554 Å². The lowest BCUT2D eigenvalue weighted by molar-refractivity contribution is -0.390. The molecule has 94 heavy (non-hydrogen) atoms. The first kappa shape index (κ1) is 68.8. The zero-order valence-electron chi connectivity index (χ0n) is 54.9. The second-order valence-electron chi connectivity index (χ2n) is 25.2. The van der Waals surface area contributed by atoms with E-state index < -0.39 is 128 Å². The van der Waals surface area contributed by atoms with Crippen LogP contribution in [0.2, 0.25) is 0 Å². The van der Waals surface area contributed by atoms with Crippen LogP contribution in [0.5, 0.6) is 0 Å². The van der Waals surface area contributed by atoms with Crippen molar-refractivity contribution in [2.45, 2.75) is 205 Å². The molecule has 7 aromatic carbocycles. The third-order valence-corrected chi connectivity index (χ3v) is 18.0. The molecule has 4 saturated heterocycles. The van der Waals surface area contributed by atoms with E-state index in [2.05, 4.69) is 31.2 Å². The standard InChI is InChI=1S/C78H92O16/c1-51-66(81-44-59-31-17-9-18-32-59)72(85-48-63-39-25-13-26-40-63)65(50-80-43-58-29-15-8-16-30-58)91-77(51)92-67-52(2)76(88-54(4)68(67)82-45-60-33-19-10-20-34-60)94-75-73(86-49-64-41-27-14-28-42-64)69(83-46-61-35-21-11-22-36-61)55(5)89-78(75)93-74-70(84-47-62-37-23-12-24-38-62)53(3)87-56(6)71(74)90-57(7)79/h8-42,51-56,65-78H,43-50H2,1-7H3/t51?,52-,53?,54?,55?,56-,65?,66?,67?,68+,69+,70+,71-,72+,73?,74?,75-,76-,77+,78-/m0/s1. The van der Waals surface area contributed by atoms with E-state index in [1.54, 1.807) is 0 Å². The molecule has 500 valence electrons. The Hall–Kier alpha value is -6.55. The number of benzene rings is 7. The quantitative estimate of drug-likeness (QED) is 0.0408. The predicted octanol–water partition coefficient (Wildman–Crippen LogP) is 13.1. The fraction of sp³-hybridized carbons (Fsp3) is 0.449. The molecule has 16 nitrogen and oxygen atoms in total. The first-order valence-corrected chi connectivity index (χ1v) is 33.2. The number of rotatable bonds is 29. The third kappa shape index (κ3) is 18.5. The molecule has 0 aromatic heterocycles. The summed E-state index contributed by atoms with van der Waals surface area (Å²) < 4.78 is 105. The Morgan fingerprint density at radius 2 is 0.596 bits per heavy atom. The molecule has 0 spiro atoms. The van der Waals surface area contributed by atoms with E-state index >= 15 is 0 Å². The minimum Gasteiger partial charge on any atom is -0.457 e. The van der Waals surface area contributed by atoms with Crippen LogP contribution in [-0.2, 0) is 122 Å². The van der Waals surface area contributed by atoms with Crippen molar-refractivity contribution in [3.8, 4) is 0 Å². The lowest BCUT2D eigenvalue weighted by Gasteiger charge is -2.52. The summed E-state index contributed by atoms with van der Waals surface area (Å²) >= 11 is 0. The molecule has 4 aliphatic heterocycles. The average molecular weight is 1290 g/mol. The smallest absolute Gasteiger partial charge is 0.303 e. The zero-order chi connectivity index (χ0) is 65.2. The highest BCUT2D eigenvalue weighted by atomic mass is 16.8. The van der Waals surface area contributed by atoms with E-state index in [9.17, 15) is 4.79 Å². The van der Waals surface area contributed by atoms with Gasteiger partial charge in [-0.2, -0.15) is 0 Å². The molecule has 0 aliphatic carbocycles. The van der Waals surface area contributed by atoms with E-state index in [0.717, 1.165) is 38.9 Å². The van der Waals surface area contributed by atoms with Gasteiger partial charge >= 0.3 is 5.97 Å². The predicted molar refractivity (Wildman–Crippen MR) is 352 cm³/mol. The summed E-state index contributed by atoms with van der Waals surface area (Å²) in [5.74, 6) is -1.51. The van der Waals surface area contributed by atoms with Crippen LogP contribution in [0, 0.1) is 11.8 Å². The van der Waals surface area contributed by atoms with Gasteiger partial charge in [-0.3, -0.25) is 4.79 Å². The Bertz CT molecular complexity index is 3290.